The number of para-hydroxylation sites is 1. The van der Waals surface area contributed by atoms with E-state index in [0.29, 0.717) is 11.4 Å². The number of aryl methyl sites for hydroxylation is 1. The molecule has 0 unspecified atom stereocenters. The quantitative estimate of drug-likeness (QED) is 0.738. The molecule has 6 nitrogen and oxygen atoms in total. The molecule has 1 amide bonds. The van der Waals surface area contributed by atoms with Crippen LogP contribution in [-0.4, -0.2) is 37.7 Å². The molecule has 136 valence electrons. The van der Waals surface area contributed by atoms with Crippen LogP contribution in [0.5, 0.6) is 0 Å². The molecule has 0 fully saturated rings. The van der Waals surface area contributed by atoms with Gasteiger partial charge in [-0.05, 0) is 49.2 Å². The third-order valence-electron chi connectivity index (χ3n) is 4.44. The predicted octanol–water partition coefficient (Wildman–Crippen LogP) is 3.29. The molecule has 2 aromatic carbocycles. The minimum atomic E-state index is -3.59. The fourth-order valence-electron chi connectivity index (χ4n) is 2.70. The second-order valence-corrected chi connectivity index (χ2v) is 8.58. The second-order valence-electron chi connectivity index (χ2n) is 6.42. The van der Waals surface area contributed by atoms with Gasteiger partial charge in [-0.15, -0.1) is 0 Å². The molecule has 3 rings (SSSR count). The van der Waals surface area contributed by atoms with Crippen molar-refractivity contribution >= 4 is 32.5 Å². The van der Waals surface area contributed by atoms with Gasteiger partial charge in [0.1, 0.15) is 5.69 Å². The van der Waals surface area contributed by atoms with Crippen LogP contribution in [0.2, 0.25) is 0 Å². The molecule has 0 aliphatic heterocycles. The first-order valence-corrected chi connectivity index (χ1v) is 9.57. The van der Waals surface area contributed by atoms with Crippen LogP contribution >= 0.6 is 0 Å². The van der Waals surface area contributed by atoms with Crippen molar-refractivity contribution in [2.75, 3.05) is 19.4 Å². The summed E-state index contributed by atoms with van der Waals surface area (Å²) in [5.74, 6) is -0.317. The van der Waals surface area contributed by atoms with Crippen LogP contribution < -0.4 is 5.32 Å². The SMILES string of the molecule is Cc1cc(S(=O)(=O)N(C)C)cc(NC(=O)c2cc3ccccc3[nH]2)c1C. The summed E-state index contributed by atoms with van der Waals surface area (Å²) in [7, 11) is -0.627. The first-order chi connectivity index (χ1) is 12.2. The van der Waals surface area contributed by atoms with Crippen molar-refractivity contribution in [3.8, 4) is 0 Å². The van der Waals surface area contributed by atoms with Gasteiger partial charge >= 0.3 is 0 Å². The van der Waals surface area contributed by atoms with E-state index >= 15 is 0 Å². The largest absolute Gasteiger partial charge is 0.351 e. The summed E-state index contributed by atoms with van der Waals surface area (Å²) in [6.45, 7) is 3.67. The Labute approximate surface area is 152 Å². The lowest BCUT2D eigenvalue weighted by molar-refractivity contribution is 0.102. The molecule has 0 radical (unpaired) electrons. The molecule has 0 bridgehead atoms. The molecule has 0 spiro atoms. The number of benzene rings is 2. The topological polar surface area (TPSA) is 82.3 Å². The van der Waals surface area contributed by atoms with E-state index in [4.69, 9.17) is 0 Å². The number of H-pyrrole nitrogens is 1. The number of anilines is 1. The number of aromatic nitrogens is 1. The van der Waals surface area contributed by atoms with E-state index in [1.807, 2.05) is 38.1 Å². The Balaban J connectivity index is 1.98. The number of carbonyl (C=O) groups excluding carboxylic acids is 1. The normalized spacial score (nSPS) is 11.9. The van der Waals surface area contributed by atoms with Gasteiger partial charge in [-0.1, -0.05) is 18.2 Å². The van der Waals surface area contributed by atoms with Gasteiger partial charge in [0.25, 0.3) is 5.91 Å². The first kappa shape index (κ1) is 18.2. The number of nitrogens with one attached hydrogen (secondary N) is 2. The van der Waals surface area contributed by atoms with E-state index in [1.165, 1.54) is 20.2 Å². The van der Waals surface area contributed by atoms with Gasteiger partial charge in [-0.2, -0.15) is 0 Å². The lowest BCUT2D eigenvalue weighted by atomic mass is 10.1. The molecule has 2 N–H and O–H groups in total. The zero-order chi connectivity index (χ0) is 19.1. The van der Waals surface area contributed by atoms with Crippen molar-refractivity contribution in [3.05, 3.63) is 59.3 Å². The average molecular weight is 371 g/mol. The van der Waals surface area contributed by atoms with Crippen molar-refractivity contribution in [2.24, 2.45) is 0 Å². The Hall–Kier alpha value is -2.64. The molecule has 0 saturated heterocycles. The maximum Gasteiger partial charge on any atom is 0.272 e. The van der Waals surface area contributed by atoms with Crippen LogP contribution in [0.15, 0.2) is 47.4 Å². The lowest BCUT2D eigenvalue weighted by Gasteiger charge is -2.16. The van der Waals surface area contributed by atoms with Crippen molar-refractivity contribution in [3.63, 3.8) is 0 Å². The fraction of sp³-hybridized carbons (Fsp3) is 0.211. The summed E-state index contributed by atoms with van der Waals surface area (Å²) in [6.07, 6.45) is 0. The van der Waals surface area contributed by atoms with E-state index in [0.717, 1.165) is 26.3 Å². The number of hydrogen-bond acceptors (Lipinski definition) is 3. The first-order valence-electron chi connectivity index (χ1n) is 8.13. The molecule has 3 aromatic rings. The molecule has 0 aliphatic carbocycles. The zero-order valence-electron chi connectivity index (χ0n) is 15.1. The van der Waals surface area contributed by atoms with Gasteiger partial charge in [-0.3, -0.25) is 4.79 Å². The van der Waals surface area contributed by atoms with Crippen molar-refractivity contribution in [1.29, 1.82) is 0 Å². The summed E-state index contributed by atoms with van der Waals surface area (Å²) in [5.41, 5.74) is 3.39. The monoisotopic (exact) mass is 371 g/mol. The highest BCUT2D eigenvalue weighted by Crippen LogP contribution is 2.26. The predicted molar refractivity (Wildman–Crippen MR) is 103 cm³/mol. The molecule has 0 saturated carbocycles. The van der Waals surface area contributed by atoms with Gasteiger partial charge in [0.05, 0.1) is 4.90 Å². The highest BCUT2D eigenvalue weighted by atomic mass is 32.2. The standard InChI is InChI=1S/C19H21N3O3S/c1-12-9-15(26(24,25)22(3)4)11-17(13(12)2)21-19(23)18-10-14-7-5-6-8-16(14)20-18/h5-11,20H,1-4H3,(H,21,23). The maximum absolute atomic E-state index is 12.6. The Kier molecular flexibility index (Phi) is 4.60. The zero-order valence-corrected chi connectivity index (χ0v) is 15.9. The Morgan fingerprint density at radius 3 is 2.42 bits per heavy atom. The molecule has 0 aliphatic rings. The number of nitrogens with zero attached hydrogens (tertiary/aromatic N) is 1. The Bertz CT molecular complexity index is 1070. The molecule has 1 heterocycles. The van der Waals surface area contributed by atoms with Crippen LogP contribution in [0.1, 0.15) is 21.6 Å². The van der Waals surface area contributed by atoms with Gasteiger partial charge < -0.3 is 10.3 Å². The highest BCUT2D eigenvalue weighted by Gasteiger charge is 2.20. The summed E-state index contributed by atoms with van der Waals surface area (Å²) >= 11 is 0. The third-order valence-corrected chi connectivity index (χ3v) is 6.24. The summed E-state index contributed by atoms with van der Waals surface area (Å²) in [4.78, 5) is 15.9. The lowest BCUT2D eigenvalue weighted by Crippen LogP contribution is -2.23. The van der Waals surface area contributed by atoms with Crippen molar-refractivity contribution in [1.82, 2.24) is 9.29 Å². The third kappa shape index (κ3) is 3.23. The van der Waals surface area contributed by atoms with Gasteiger partial charge in [-0.25, -0.2) is 12.7 Å². The van der Waals surface area contributed by atoms with Crippen LogP contribution in [0.4, 0.5) is 5.69 Å². The number of rotatable bonds is 4. The van der Waals surface area contributed by atoms with Gasteiger partial charge in [0, 0.05) is 30.7 Å². The number of fused-ring (bicyclic) bond motifs is 1. The average Bonchev–Trinajstić information content (AvgIpc) is 3.02. The maximum atomic E-state index is 12.6. The molecule has 7 heteroatoms. The van der Waals surface area contributed by atoms with E-state index in [-0.39, 0.29) is 10.8 Å². The Morgan fingerprint density at radius 1 is 1.08 bits per heavy atom. The number of aromatic amines is 1. The van der Waals surface area contributed by atoms with Gasteiger partial charge in [0.2, 0.25) is 10.0 Å². The van der Waals surface area contributed by atoms with Crippen LogP contribution in [-0.2, 0) is 10.0 Å². The molecule has 1 aromatic heterocycles. The number of hydrogen-bond donors (Lipinski definition) is 2. The van der Waals surface area contributed by atoms with Crippen LogP contribution in [0.3, 0.4) is 0 Å². The molecular weight excluding hydrogens is 350 g/mol. The van der Waals surface area contributed by atoms with Crippen LogP contribution in [0, 0.1) is 13.8 Å². The minimum absolute atomic E-state index is 0.151. The fourth-order valence-corrected chi connectivity index (χ4v) is 3.72. The number of carbonyl (C=O) groups is 1. The smallest absolute Gasteiger partial charge is 0.272 e. The van der Waals surface area contributed by atoms with Crippen molar-refractivity contribution < 1.29 is 13.2 Å². The highest BCUT2D eigenvalue weighted by molar-refractivity contribution is 7.89. The summed E-state index contributed by atoms with van der Waals surface area (Å²) in [5, 5.41) is 3.77. The minimum Gasteiger partial charge on any atom is -0.351 e. The molecule has 0 atom stereocenters. The van der Waals surface area contributed by atoms with Gasteiger partial charge in [0.15, 0.2) is 0 Å². The Morgan fingerprint density at radius 2 is 1.77 bits per heavy atom. The second kappa shape index (κ2) is 6.59. The van der Waals surface area contributed by atoms with E-state index in [1.54, 1.807) is 12.1 Å². The number of amides is 1. The number of sulfonamides is 1. The summed E-state index contributed by atoms with van der Waals surface area (Å²) < 4.78 is 26.0. The summed E-state index contributed by atoms with van der Waals surface area (Å²) in [6, 6.07) is 12.5. The van der Waals surface area contributed by atoms with E-state index in [9.17, 15) is 13.2 Å². The molecule has 26 heavy (non-hydrogen) atoms. The van der Waals surface area contributed by atoms with Crippen molar-refractivity contribution in [2.45, 2.75) is 18.7 Å². The van der Waals surface area contributed by atoms with E-state index in [2.05, 4.69) is 10.3 Å². The van der Waals surface area contributed by atoms with E-state index < -0.39 is 10.0 Å². The molecular formula is C19H21N3O3S. The van der Waals surface area contributed by atoms with Crippen LogP contribution in [0.25, 0.3) is 10.9 Å².